The van der Waals surface area contributed by atoms with Crippen LogP contribution in [0.25, 0.3) is 28.0 Å². The highest BCUT2D eigenvalue weighted by Crippen LogP contribution is 2.34. The molecule has 2 aromatic heterocycles. The molecule has 1 aliphatic rings. The molecular weight excluding hydrogens is 431 g/mol. The van der Waals surface area contributed by atoms with Gasteiger partial charge in [-0.15, -0.1) is 5.10 Å². The van der Waals surface area contributed by atoms with Crippen molar-refractivity contribution < 1.29 is 13.2 Å². The van der Waals surface area contributed by atoms with Crippen LogP contribution in [0.1, 0.15) is 12.8 Å². The summed E-state index contributed by atoms with van der Waals surface area (Å²) in [6.45, 7) is 3.49. The summed E-state index contributed by atoms with van der Waals surface area (Å²) >= 11 is 0. The van der Waals surface area contributed by atoms with Gasteiger partial charge in [-0.3, -0.25) is 0 Å². The van der Waals surface area contributed by atoms with E-state index in [-0.39, 0.29) is 34.1 Å². The Labute approximate surface area is 188 Å². The van der Waals surface area contributed by atoms with E-state index < -0.39 is 17.5 Å². The Kier molecular flexibility index (Phi) is 5.59. The third-order valence-electron chi connectivity index (χ3n) is 5.74. The fourth-order valence-corrected chi connectivity index (χ4v) is 4.11. The summed E-state index contributed by atoms with van der Waals surface area (Å²) in [5, 5.41) is 7.83. The number of nitrogen functional groups attached to an aromatic ring is 1. The molecule has 33 heavy (non-hydrogen) atoms. The largest absolute Gasteiger partial charge is 0.383 e. The van der Waals surface area contributed by atoms with Crippen LogP contribution >= 0.6 is 0 Å². The van der Waals surface area contributed by atoms with Crippen LogP contribution in [-0.4, -0.2) is 50.8 Å². The van der Waals surface area contributed by atoms with Gasteiger partial charge >= 0.3 is 0 Å². The molecule has 10 heteroatoms. The molecule has 5 rings (SSSR count). The number of anilines is 2. The van der Waals surface area contributed by atoms with Crippen molar-refractivity contribution in [1.82, 2.24) is 24.6 Å². The van der Waals surface area contributed by atoms with Gasteiger partial charge in [-0.2, -0.15) is 4.98 Å². The molecule has 7 nitrogen and oxygen atoms in total. The predicted molar refractivity (Wildman–Crippen MR) is 121 cm³/mol. The van der Waals surface area contributed by atoms with E-state index in [1.807, 2.05) is 0 Å². The van der Waals surface area contributed by atoms with Crippen molar-refractivity contribution in [2.45, 2.75) is 12.8 Å². The summed E-state index contributed by atoms with van der Waals surface area (Å²) in [6, 6.07) is 9.59. The van der Waals surface area contributed by atoms with Crippen molar-refractivity contribution in [3.05, 3.63) is 59.9 Å². The second-order valence-corrected chi connectivity index (χ2v) is 7.95. The first kappa shape index (κ1) is 21.2. The second kappa shape index (κ2) is 8.70. The maximum atomic E-state index is 14.7. The lowest BCUT2D eigenvalue weighted by Crippen LogP contribution is -2.26. The molecule has 2 aromatic carbocycles. The first-order valence-corrected chi connectivity index (χ1v) is 10.7. The molecule has 0 spiro atoms. The number of rotatable bonds is 6. The standard InChI is InChI=1S/C23H22F3N7/c24-14-5-3-6-15(13-14)33-21(27)18-20(16-7-4-8-17(25)19(16)26)29-23(30-22(18)31-33)28-9-12-32-10-1-2-11-32/h3-8,13H,1-2,9-12,27H2,(H,28,30,31). The van der Waals surface area contributed by atoms with Gasteiger partial charge in [-0.25, -0.2) is 22.8 Å². The van der Waals surface area contributed by atoms with Crippen LogP contribution in [-0.2, 0) is 0 Å². The van der Waals surface area contributed by atoms with E-state index in [9.17, 15) is 13.2 Å². The molecule has 1 aliphatic heterocycles. The zero-order valence-electron chi connectivity index (χ0n) is 17.7. The molecule has 0 amide bonds. The van der Waals surface area contributed by atoms with Gasteiger partial charge in [-0.05, 0) is 56.3 Å². The number of likely N-dealkylation sites (tertiary alicyclic amines) is 1. The van der Waals surface area contributed by atoms with Crippen LogP contribution in [0.2, 0.25) is 0 Å². The Bertz CT molecular complexity index is 1320. The summed E-state index contributed by atoms with van der Waals surface area (Å²) < 4.78 is 43.9. The minimum absolute atomic E-state index is 0.0597. The van der Waals surface area contributed by atoms with Gasteiger partial charge in [0.15, 0.2) is 17.3 Å². The molecule has 0 saturated carbocycles. The molecule has 4 aromatic rings. The van der Waals surface area contributed by atoms with E-state index in [4.69, 9.17) is 5.73 Å². The van der Waals surface area contributed by atoms with E-state index in [1.54, 1.807) is 6.07 Å². The number of hydrogen-bond donors (Lipinski definition) is 2. The summed E-state index contributed by atoms with van der Waals surface area (Å²) in [4.78, 5) is 11.2. The van der Waals surface area contributed by atoms with Crippen LogP contribution in [0.5, 0.6) is 0 Å². The molecule has 0 bridgehead atoms. The second-order valence-electron chi connectivity index (χ2n) is 7.95. The SMILES string of the molecule is Nc1c2c(-c3cccc(F)c3F)nc(NCCN3CCCC3)nc2nn1-c1cccc(F)c1. The lowest BCUT2D eigenvalue weighted by atomic mass is 10.1. The van der Waals surface area contributed by atoms with Crippen molar-refractivity contribution in [2.24, 2.45) is 0 Å². The predicted octanol–water partition coefficient (Wildman–Crippen LogP) is 3.99. The maximum absolute atomic E-state index is 14.7. The first-order valence-electron chi connectivity index (χ1n) is 10.7. The number of fused-ring (bicyclic) bond motifs is 1. The van der Waals surface area contributed by atoms with Crippen molar-refractivity contribution in [1.29, 1.82) is 0 Å². The highest BCUT2D eigenvalue weighted by Gasteiger charge is 2.22. The van der Waals surface area contributed by atoms with E-state index >= 15 is 0 Å². The third-order valence-corrected chi connectivity index (χ3v) is 5.74. The highest BCUT2D eigenvalue weighted by atomic mass is 19.2. The monoisotopic (exact) mass is 453 g/mol. The molecule has 0 atom stereocenters. The van der Waals surface area contributed by atoms with Crippen molar-refractivity contribution in [2.75, 3.05) is 37.2 Å². The summed E-state index contributed by atoms with van der Waals surface area (Å²) in [5.74, 6) is -2.18. The first-order chi connectivity index (χ1) is 16.0. The summed E-state index contributed by atoms with van der Waals surface area (Å²) in [5.41, 5.74) is 6.95. The number of benzene rings is 2. The molecule has 0 aliphatic carbocycles. The zero-order valence-corrected chi connectivity index (χ0v) is 17.7. The van der Waals surface area contributed by atoms with Crippen LogP contribution in [0.4, 0.5) is 24.9 Å². The summed E-state index contributed by atoms with van der Waals surface area (Å²) in [7, 11) is 0. The van der Waals surface area contributed by atoms with Gasteiger partial charge in [0.1, 0.15) is 11.6 Å². The molecule has 1 saturated heterocycles. The normalized spacial score (nSPS) is 14.3. The Balaban J connectivity index is 1.61. The number of nitrogens with zero attached hydrogens (tertiary/aromatic N) is 5. The van der Waals surface area contributed by atoms with Crippen LogP contribution < -0.4 is 11.1 Å². The van der Waals surface area contributed by atoms with Gasteiger partial charge in [-0.1, -0.05) is 12.1 Å². The lowest BCUT2D eigenvalue weighted by molar-refractivity contribution is 0.352. The zero-order chi connectivity index (χ0) is 22.9. The van der Waals surface area contributed by atoms with Gasteiger partial charge in [0.05, 0.1) is 16.8 Å². The Morgan fingerprint density at radius 1 is 1.00 bits per heavy atom. The summed E-state index contributed by atoms with van der Waals surface area (Å²) in [6.07, 6.45) is 2.37. The van der Waals surface area contributed by atoms with Gasteiger partial charge in [0.2, 0.25) is 5.95 Å². The van der Waals surface area contributed by atoms with Crippen molar-refractivity contribution in [3.8, 4) is 16.9 Å². The molecule has 1 fully saturated rings. The number of hydrogen-bond acceptors (Lipinski definition) is 6. The molecule has 0 unspecified atom stereocenters. The van der Waals surface area contributed by atoms with Crippen molar-refractivity contribution >= 4 is 22.8 Å². The van der Waals surface area contributed by atoms with Gasteiger partial charge < -0.3 is 16.0 Å². The fourth-order valence-electron chi connectivity index (χ4n) is 4.11. The number of nitrogens with two attached hydrogens (primary N) is 1. The molecule has 3 N–H and O–H groups in total. The highest BCUT2D eigenvalue weighted by molar-refractivity contribution is 5.99. The van der Waals surface area contributed by atoms with Crippen molar-refractivity contribution in [3.63, 3.8) is 0 Å². The lowest BCUT2D eigenvalue weighted by Gasteiger charge is -2.15. The van der Waals surface area contributed by atoms with Crippen LogP contribution in [0.3, 0.4) is 0 Å². The van der Waals surface area contributed by atoms with E-state index in [2.05, 4.69) is 25.3 Å². The Hall–Kier alpha value is -3.66. The Morgan fingerprint density at radius 3 is 2.58 bits per heavy atom. The van der Waals surface area contributed by atoms with E-state index in [0.717, 1.165) is 25.7 Å². The maximum Gasteiger partial charge on any atom is 0.225 e. The Morgan fingerprint density at radius 2 is 1.79 bits per heavy atom. The van der Waals surface area contributed by atoms with E-state index in [0.29, 0.717) is 12.2 Å². The quantitative estimate of drug-likeness (QED) is 0.459. The number of nitrogens with one attached hydrogen (secondary N) is 1. The molecular formula is C23H22F3N7. The van der Waals surface area contributed by atoms with Gasteiger partial charge in [0, 0.05) is 18.7 Å². The average molecular weight is 453 g/mol. The molecule has 3 heterocycles. The smallest absolute Gasteiger partial charge is 0.225 e. The molecule has 170 valence electrons. The van der Waals surface area contributed by atoms with Crippen LogP contribution in [0.15, 0.2) is 42.5 Å². The molecule has 0 radical (unpaired) electrons. The minimum atomic E-state index is -1.04. The number of halogens is 3. The van der Waals surface area contributed by atoms with Gasteiger partial charge in [0.25, 0.3) is 0 Å². The van der Waals surface area contributed by atoms with E-state index in [1.165, 1.54) is 47.9 Å². The third kappa shape index (κ3) is 4.09. The average Bonchev–Trinajstić information content (AvgIpc) is 3.43. The van der Waals surface area contributed by atoms with Crippen LogP contribution in [0, 0.1) is 17.5 Å². The minimum Gasteiger partial charge on any atom is -0.383 e. The fraction of sp³-hybridized carbons (Fsp3) is 0.261. The topological polar surface area (TPSA) is 84.9 Å². The number of aromatic nitrogens is 4.